The summed E-state index contributed by atoms with van der Waals surface area (Å²) in [5.74, 6) is -1.56. The molecule has 0 fully saturated rings. The molecule has 0 spiro atoms. The average molecular weight is 256 g/mol. The van der Waals surface area contributed by atoms with Crippen molar-refractivity contribution in [3.05, 3.63) is 24.2 Å². The second-order valence-electron chi connectivity index (χ2n) is 3.53. The molecule has 0 radical (unpaired) electrons. The molecule has 0 bridgehead atoms. The van der Waals surface area contributed by atoms with Crippen LogP contribution in [0.1, 0.15) is 11.7 Å². The highest BCUT2D eigenvalue weighted by molar-refractivity contribution is 6.35. The first-order valence-corrected chi connectivity index (χ1v) is 5.40. The molecule has 0 aliphatic carbocycles. The lowest BCUT2D eigenvalue weighted by Gasteiger charge is -2.09. The minimum absolute atomic E-state index is 0.0595. The topological polar surface area (TPSA) is 101 Å². The SMILES string of the molecule is COCCNC(=O)C(=O)NC[C@@H](O)c1ccoc1. The van der Waals surface area contributed by atoms with Crippen LogP contribution in [-0.2, 0) is 14.3 Å². The molecule has 1 rings (SSSR count). The summed E-state index contributed by atoms with van der Waals surface area (Å²) in [5.41, 5.74) is 0.537. The summed E-state index contributed by atoms with van der Waals surface area (Å²) < 4.78 is 9.51. The Bertz CT molecular complexity index is 377. The maximum Gasteiger partial charge on any atom is 0.309 e. The number of nitrogens with one attached hydrogen (secondary N) is 2. The van der Waals surface area contributed by atoms with E-state index in [-0.39, 0.29) is 13.1 Å². The fraction of sp³-hybridized carbons (Fsp3) is 0.455. The molecule has 0 saturated carbocycles. The van der Waals surface area contributed by atoms with Crippen LogP contribution in [0.4, 0.5) is 0 Å². The van der Waals surface area contributed by atoms with E-state index in [2.05, 4.69) is 10.6 Å². The van der Waals surface area contributed by atoms with Gasteiger partial charge in [0.2, 0.25) is 0 Å². The second-order valence-corrected chi connectivity index (χ2v) is 3.53. The Hall–Kier alpha value is -1.86. The summed E-state index contributed by atoms with van der Waals surface area (Å²) in [6.07, 6.45) is 1.88. The molecule has 1 atom stereocenters. The van der Waals surface area contributed by atoms with E-state index in [1.807, 2.05) is 0 Å². The van der Waals surface area contributed by atoms with Crippen LogP contribution < -0.4 is 10.6 Å². The molecule has 2 amide bonds. The summed E-state index contributed by atoms with van der Waals surface area (Å²) in [6.45, 7) is 0.528. The van der Waals surface area contributed by atoms with Gasteiger partial charge in [-0.3, -0.25) is 9.59 Å². The van der Waals surface area contributed by atoms with E-state index in [0.717, 1.165) is 0 Å². The lowest BCUT2D eigenvalue weighted by atomic mass is 10.2. The molecule has 18 heavy (non-hydrogen) atoms. The van der Waals surface area contributed by atoms with Crippen molar-refractivity contribution in [1.29, 1.82) is 0 Å². The Balaban J connectivity index is 2.26. The van der Waals surface area contributed by atoms with Crippen molar-refractivity contribution >= 4 is 11.8 Å². The van der Waals surface area contributed by atoms with Crippen molar-refractivity contribution in [2.75, 3.05) is 26.8 Å². The van der Waals surface area contributed by atoms with Crippen molar-refractivity contribution in [1.82, 2.24) is 10.6 Å². The van der Waals surface area contributed by atoms with E-state index >= 15 is 0 Å². The van der Waals surface area contributed by atoms with E-state index in [1.165, 1.54) is 19.6 Å². The normalized spacial score (nSPS) is 11.9. The third-order valence-electron chi connectivity index (χ3n) is 2.18. The van der Waals surface area contributed by atoms with Gasteiger partial charge in [0.15, 0.2) is 0 Å². The first kappa shape index (κ1) is 14.2. The third-order valence-corrected chi connectivity index (χ3v) is 2.18. The highest BCUT2D eigenvalue weighted by atomic mass is 16.5. The van der Waals surface area contributed by atoms with Crippen LogP contribution in [0.2, 0.25) is 0 Å². The van der Waals surface area contributed by atoms with Gasteiger partial charge in [-0.15, -0.1) is 0 Å². The number of rotatable bonds is 6. The summed E-state index contributed by atoms with van der Waals surface area (Å²) in [7, 11) is 1.49. The van der Waals surface area contributed by atoms with Gasteiger partial charge in [0.1, 0.15) is 0 Å². The number of carbonyl (C=O) groups excluding carboxylic acids is 2. The number of amides is 2. The maximum absolute atomic E-state index is 11.3. The van der Waals surface area contributed by atoms with Gasteiger partial charge in [0, 0.05) is 25.8 Å². The predicted molar refractivity (Wildman–Crippen MR) is 61.6 cm³/mol. The van der Waals surface area contributed by atoms with Gasteiger partial charge in [0.25, 0.3) is 0 Å². The lowest BCUT2D eigenvalue weighted by Crippen LogP contribution is -2.42. The second kappa shape index (κ2) is 7.46. The van der Waals surface area contributed by atoms with Crippen molar-refractivity contribution in [3.63, 3.8) is 0 Å². The Morgan fingerprint density at radius 3 is 2.78 bits per heavy atom. The van der Waals surface area contributed by atoms with Crippen LogP contribution in [0.3, 0.4) is 0 Å². The molecule has 0 saturated heterocycles. The number of hydrogen-bond donors (Lipinski definition) is 3. The minimum Gasteiger partial charge on any atom is -0.472 e. The summed E-state index contributed by atoms with van der Waals surface area (Å²) in [6, 6.07) is 1.58. The first-order chi connectivity index (χ1) is 8.65. The molecule has 0 unspecified atom stereocenters. The van der Waals surface area contributed by atoms with Crippen molar-refractivity contribution in [3.8, 4) is 0 Å². The van der Waals surface area contributed by atoms with Crippen LogP contribution >= 0.6 is 0 Å². The van der Waals surface area contributed by atoms with Crippen LogP contribution in [-0.4, -0.2) is 43.7 Å². The van der Waals surface area contributed by atoms with E-state index in [9.17, 15) is 14.7 Å². The van der Waals surface area contributed by atoms with Gasteiger partial charge in [-0.1, -0.05) is 0 Å². The fourth-order valence-electron chi connectivity index (χ4n) is 1.20. The maximum atomic E-state index is 11.3. The smallest absolute Gasteiger partial charge is 0.309 e. The highest BCUT2D eigenvalue weighted by Crippen LogP contribution is 2.11. The standard InChI is InChI=1S/C11H16N2O5/c1-17-5-3-12-10(15)11(16)13-6-9(14)8-2-4-18-7-8/h2,4,7,9,14H,3,5-6H2,1H3,(H,12,15)(H,13,16)/t9-/m1/s1. The molecule has 0 aromatic carbocycles. The third kappa shape index (κ3) is 4.56. The van der Waals surface area contributed by atoms with Gasteiger partial charge < -0.3 is 24.9 Å². The van der Waals surface area contributed by atoms with E-state index in [4.69, 9.17) is 9.15 Å². The van der Waals surface area contributed by atoms with Gasteiger partial charge >= 0.3 is 11.8 Å². The van der Waals surface area contributed by atoms with Crippen molar-refractivity contribution in [2.45, 2.75) is 6.10 Å². The molecule has 0 aliphatic rings. The molecule has 3 N–H and O–H groups in total. The van der Waals surface area contributed by atoms with E-state index < -0.39 is 17.9 Å². The van der Waals surface area contributed by atoms with Gasteiger partial charge in [-0.2, -0.15) is 0 Å². The molecule has 1 heterocycles. The lowest BCUT2D eigenvalue weighted by molar-refractivity contribution is -0.139. The Morgan fingerprint density at radius 2 is 2.17 bits per heavy atom. The zero-order valence-electron chi connectivity index (χ0n) is 10.0. The van der Waals surface area contributed by atoms with Gasteiger partial charge in [-0.25, -0.2) is 0 Å². The number of carbonyl (C=O) groups is 2. The number of hydrogen-bond acceptors (Lipinski definition) is 5. The van der Waals surface area contributed by atoms with Crippen LogP contribution in [0.15, 0.2) is 23.0 Å². The molecule has 1 aromatic rings. The Morgan fingerprint density at radius 1 is 1.44 bits per heavy atom. The van der Waals surface area contributed by atoms with Crippen LogP contribution in [0, 0.1) is 0 Å². The van der Waals surface area contributed by atoms with E-state index in [1.54, 1.807) is 6.07 Å². The predicted octanol–water partition coefficient (Wildman–Crippen LogP) is -0.808. The molecule has 100 valence electrons. The van der Waals surface area contributed by atoms with Gasteiger partial charge in [-0.05, 0) is 6.07 Å². The van der Waals surface area contributed by atoms with Gasteiger partial charge in [0.05, 0.1) is 25.2 Å². The quantitative estimate of drug-likeness (QED) is 0.456. The zero-order valence-corrected chi connectivity index (χ0v) is 10.0. The molecular weight excluding hydrogens is 240 g/mol. The number of methoxy groups -OCH3 is 1. The van der Waals surface area contributed by atoms with Crippen LogP contribution in [0.25, 0.3) is 0 Å². The first-order valence-electron chi connectivity index (χ1n) is 5.40. The number of aliphatic hydroxyl groups is 1. The number of furan rings is 1. The fourth-order valence-corrected chi connectivity index (χ4v) is 1.20. The summed E-state index contributed by atoms with van der Waals surface area (Å²) in [4.78, 5) is 22.6. The highest BCUT2D eigenvalue weighted by Gasteiger charge is 2.15. The van der Waals surface area contributed by atoms with E-state index in [0.29, 0.717) is 12.2 Å². The molecule has 1 aromatic heterocycles. The minimum atomic E-state index is -0.903. The van der Waals surface area contributed by atoms with Crippen molar-refractivity contribution < 1.29 is 23.8 Å². The van der Waals surface area contributed by atoms with Crippen molar-refractivity contribution in [2.24, 2.45) is 0 Å². The monoisotopic (exact) mass is 256 g/mol. The van der Waals surface area contributed by atoms with Crippen LogP contribution in [0.5, 0.6) is 0 Å². The summed E-state index contributed by atoms with van der Waals surface area (Å²) >= 11 is 0. The summed E-state index contributed by atoms with van der Waals surface area (Å²) in [5, 5.41) is 14.3. The Kier molecular flexibility index (Phi) is 5.89. The number of aliphatic hydroxyl groups excluding tert-OH is 1. The molecule has 7 nitrogen and oxygen atoms in total. The zero-order chi connectivity index (χ0) is 13.4. The molecule has 7 heteroatoms. The average Bonchev–Trinajstić information content (AvgIpc) is 2.89. The molecular formula is C11H16N2O5. The largest absolute Gasteiger partial charge is 0.472 e. The number of ether oxygens (including phenoxy) is 1. The Labute approximate surface area is 104 Å². The molecule has 0 aliphatic heterocycles.